The fraction of sp³-hybridized carbons (Fsp3) is 0.455. The van der Waals surface area contributed by atoms with E-state index in [9.17, 15) is 8.78 Å². The molecule has 1 aromatic rings. The Kier molecular flexibility index (Phi) is 5.32. The maximum absolute atomic E-state index is 13.1. The van der Waals surface area contributed by atoms with E-state index in [1.165, 1.54) is 0 Å². The normalized spacial score (nSPS) is 13.1. The maximum Gasteiger partial charge on any atom is 0.289 e. The van der Waals surface area contributed by atoms with E-state index < -0.39 is 18.6 Å². The van der Waals surface area contributed by atoms with Crippen LogP contribution in [0.1, 0.15) is 22.7 Å². The summed E-state index contributed by atoms with van der Waals surface area (Å²) in [6.45, 7) is 2.50. The van der Waals surface area contributed by atoms with Crippen LogP contribution >= 0.6 is 12.4 Å². The lowest BCUT2D eigenvalue weighted by Gasteiger charge is -2.22. The molecule has 0 aliphatic heterocycles. The van der Waals surface area contributed by atoms with E-state index in [1.807, 2.05) is 13.8 Å². The quantitative estimate of drug-likeness (QED) is 0.866. The first kappa shape index (κ1) is 15.3. The predicted molar refractivity (Wildman–Crippen MR) is 62.1 cm³/mol. The first-order valence-electron chi connectivity index (χ1n) is 4.70. The fourth-order valence-electron chi connectivity index (χ4n) is 1.30. The van der Waals surface area contributed by atoms with Crippen molar-refractivity contribution in [3.05, 3.63) is 34.9 Å². The van der Waals surface area contributed by atoms with Crippen LogP contribution in [0.15, 0.2) is 18.2 Å². The monoisotopic (exact) mass is 251 g/mol. The zero-order valence-corrected chi connectivity index (χ0v) is 10.0. The van der Waals surface area contributed by atoms with Gasteiger partial charge in [-0.25, -0.2) is 8.78 Å². The van der Waals surface area contributed by atoms with Crippen LogP contribution in [0.5, 0.6) is 0 Å². The van der Waals surface area contributed by atoms with Gasteiger partial charge in [0.1, 0.15) is 6.61 Å². The molecule has 1 aromatic carbocycles. The van der Waals surface area contributed by atoms with Crippen molar-refractivity contribution in [3.63, 3.8) is 0 Å². The number of nitrogens with two attached hydrogens (primary N) is 1. The molecule has 0 aromatic heterocycles. The van der Waals surface area contributed by atoms with Crippen molar-refractivity contribution in [1.82, 2.24) is 0 Å². The van der Waals surface area contributed by atoms with Crippen molar-refractivity contribution in [3.8, 4) is 0 Å². The van der Waals surface area contributed by atoms with Crippen LogP contribution in [0.2, 0.25) is 0 Å². The van der Waals surface area contributed by atoms with Crippen LogP contribution in [0.25, 0.3) is 0 Å². The van der Waals surface area contributed by atoms with Gasteiger partial charge in [0.05, 0.1) is 6.04 Å². The van der Waals surface area contributed by atoms with Gasteiger partial charge in [-0.3, -0.25) is 0 Å². The number of aliphatic hydroxyl groups is 1. The molecule has 1 rings (SSSR count). The van der Waals surface area contributed by atoms with Crippen LogP contribution in [0.4, 0.5) is 8.78 Å². The molecule has 0 saturated heterocycles. The summed E-state index contributed by atoms with van der Waals surface area (Å²) in [5.74, 6) is -3.28. The Labute approximate surface area is 99.9 Å². The molecule has 0 spiro atoms. The molecule has 5 heteroatoms. The average molecular weight is 252 g/mol. The van der Waals surface area contributed by atoms with Gasteiger partial charge >= 0.3 is 0 Å². The second kappa shape index (κ2) is 5.57. The van der Waals surface area contributed by atoms with Crippen LogP contribution in [-0.2, 0) is 0 Å². The molecule has 0 aliphatic carbocycles. The second-order valence-corrected chi connectivity index (χ2v) is 3.74. The van der Waals surface area contributed by atoms with Crippen molar-refractivity contribution in [1.29, 1.82) is 0 Å². The zero-order valence-electron chi connectivity index (χ0n) is 9.21. The number of aryl methyl sites for hydroxylation is 2. The molecule has 0 unspecified atom stereocenters. The molecule has 0 aliphatic rings. The van der Waals surface area contributed by atoms with Crippen molar-refractivity contribution in [2.24, 2.45) is 5.73 Å². The van der Waals surface area contributed by atoms with Crippen LogP contribution in [0.3, 0.4) is 0 Å². The van der Waals surface area contributed by atoms with Gasteiger partial charge in [0, 0.05) is 0 Å². The highest BCUT2D eigenvalue weighted by Crippen LogP contribution is 2.29. The van der Waals surface area contributed by atoms with E-state index in [2.05, 4.69) is 0 Å². The molecule has 0 saturated carbocycles. The van der Waals surface area contributed by atoms with Crippen LogP contribution < -0.4 is 5.73 Å². The maximum atomic E-state index is 13.1. The van der Waals surface area contributed by atoms with Gasteiger partial charge in [0.25, 0.3) is 5.92 Å². The molecule has 3 N–H and O–H groups in total. The summed E-state index contributed by atoms with van der Waals surface area (Å²) in [6.07, 6.45) is 0. The Hall–Kier alpha value is -0.710. The third kappa shape index (κ3) is 3.14. The molecule has 0 radical (unpaired) electrons. The molecule has 0 fully saturated rings. The van der Waals surface area contributed by atoms with E-state index in [1.54, 1.807) is 18.2 Å². The summed E-state index contributed by atoms with van der Waals surface area (Å²) in [6, 6.07) is 3.49. The Morgan fingerprint density at radius 3 is 2.31 bits per heavy atom. The number of benzene rings is 1. The first-order valence-corrected chi connectivity index (χ1v) is 4.70. The van der Waals surface area contributed by atoms with Crippen LogP contribution in [-0.4, -0.2) is 17.6 Å². The fourth-order valence-corrected chi connectivity index (χ4v) is 1.30. The highest BCUT2D eigenvalue weighted by atomic mass is 35.5. The van der Waals surface area contributed by atoms with Gasteiger partial charge in [0.15, 0.2) is 0 Å². The molecule has 0 heterocycles. The summed E-state index contributed by atoms with van der Waals surface area (Å²) in [5.41, 5.74) is 7.68. The predicted octanol–water partition coefficient (Wildman–Crippen LogP) is 2.35. The molecule has 16 heavy (non-hydrogen) atoms. The smallest absolute Gasteiger partial charge is 0.289 e. The highest BCUT2D eigenvalue weighted by molar-refractivity contribution is 5.85. The molecular weight excluding hydrogens is 236 g/mol. The first-order chi connectivity index (χ1) is 6.88. The second-order valence-electron chi connectivity index (χ2n) is 3.74. The SMILES string of the molecule is Cc1ccc([C@H](N)C(F)(F)CO)cc1C.Cl. The standard InChI is InChI=1S/C11H15F2NO.ClH/c1-7-3-4-9(5-8(7)2)10(14)11(12,13)6-15;/h3-5,10,15H,6,14H2,1-2H3;1H/t10-;/m0./s1. The number of rotatable bonds is 3. The molecule has 2 nitrogen and oxygen atoms in total. The Morgan fingerprint density at radius 2 is 1.88 bits per heavy atom. The molecule has 92 valence electrons. The Bertz CT molecular complexity index is 358. The molecular formula is C11H16ClF2NO. The molecule has 1 atom stereocenters. The summed E-state index contributed by atoms with van der Waals surface area (Å²) in [7, 11) is 0. The van der Waals surface area contributed by atoms with Crippen molar-refractivity contribution in [2.45, 2.75) is 25.8 Å². The molecule has 0 bridgehead atoms. The Morgan fingerprint density at radius 1 is 1.31 bits per heavy atom. The number of halogens is 3. The number of aliphatic hydroxyl groups excluding tert-OH is 1. The minimum Gasteiger partial charge on any atom is -0.390 e. The van der Waals surface area contributed by atoms with Crippen LogP contribution in [0, 0.1) is 13.8 Å². The van der Waals surface area contributed by atoms with Crippen molar-refractivity contribution >= 4 is 12.4 Å². The van der Waals surface area contributed by atoms with Gasteiger partial charge < -0.3 is 10.8 Å². The van der Waals surface area contributed by atoms with Crippen molar-refractivity contribution in [2.75, 3.05) is 6.61 Å². The van der Waals surface area contributed by atoms with E-state index in [0.717, 1.165) is 11.1 Å². The zero-order chi connectivity index (χ0) is 11.6. The summed E-state index contributed by atoms with van der Waals surface area (Å²) < 4.78 is 26.2. The lowest BCUT2D eigenvalue weighted by molar-refractivity contribution is -0.0711. The van der Waals surface area contributed by atoms with E-state index >= 15 is 0 Å². The van der Waals surface area contributed by atoms with Gasteiger partial charge in [0.2, 0.25) is 0 Å². The number of alkyl halides is 2. The lowest BCUT2D eigenvalue weighted by atomic mass is 9.98. The van der Waals surface area contributed by atoms with E-state index in [4.69, 9.17) is 10.8 Å². The summed E-state index contributed by atoms with van der Waals surface area (Å²) >= 11 is 0. The summed E-state index contributed by atoms with van der Waals surface area (Å²) in [5, 5.41) is 8.52. The third-order valence-corrected chi connectivity index (χ3v) is 2.56. The third-order valence-electron chi connectivity index (χ3n) is 2.56. The lowest BCUT2D eigenvalue weighted by Crippen LogP contribution is -2.36. The van der Waals surface area contributed by atoms with Gasteiger partial charge in [-0.2, -0.15) is 0 Å². The van der Waals surface area contributed by atoms with Gasteiger partial charge in [-0.05, 0) is 30.5 Å². The minimum absolute atomic E-state index is 0. The van der Waals surface area contributed by atoms with Crippen molar-refractivity contribution < 1.29 is 13.9 Å². The number of hydrogen-bond acceptors (Lipinski definition) is 2. The summed E-state index contributed by atoms with van der Waals surface area (Å²) in [4.78, 5) is 0. The van der Waals surface area contributed by atoms with E-state index in [-0.39, 0.29) is 12.4 Å². The topological polar surface area (TPSA) is 46.2 Å². The number of hydrogen-bond donors (Lipinski definition) is 2. The van der Waals surface area contributed by atoms with Gasteiger partial charge in [-0.15, -0.1) is 12.4 Å². The van der Waals surface area contributed by atoms with E-state index in [0.29, 0.717) is 5.56 Å². The average Bonchev–Trinajstić information content (AvgIpc) is 2.21. The van der Waals surface area contributed by atoms with Gasteiger partial charge in [-0.1, -0.05) is 18.2 Å². The Balaban J connectivity index is 0.00000225. The largest absolute Gasteiger partial charge is 0.390 e. The highest BCUT2D eigenvalue weighted by Gasteiger charge is 2.37. The molecule has 0 amide bonds. The minimum atomic E-state index is -3.28.